The van der Waals surface area contributed by atoms with E-state index in [9.17, 15) is 4.79 Å². The van der Waals surface area contributed by atoms with Gasteiger partial charge in [0.25, 0.3) is 0 Å². The molecule has 2 N–H and O–H groups in total. The Balaban J connectivity index is 2.38. The Kier molecular flexibility index (Phi) is 1.69. The van der Waals surface area contributed by atoms with Gasteiger partial charge < -0.3 is 4.84 Å². The molecule has 0 aliphatic rings. The molecule has 0 unspecified atom stereocenters. The molecule has 1 rings (SSSR count). The third-order valence-corrected chi connectivity index (χ3v) is 0.692. The first-order valence-electron chi connectivity index (χ1n) is 2.29. The van der Waals surface area contributed by atoms with Crippen LogP contribution < -0.4 is 10.3 Å². The Hall–Kier alpha value is -1.52. The highest BCUT2D eigenvalue weighted by Gasteiger charge is 1.88. The second-order valence-corrected chi connectivity index (χ2v) is 1.26. The van der Waals surface area contributed by atoms with E-state index in [4.69, 9.17) is 0 Å². The molecule has 0 saturated carbocycles. The highest BCUT2D eigenvalue weighted by Crippen LogP contribution is 1.98. The van der Waals surface area contributed by atoms with Crippen molar-refractivity contribution in [2.75, 3.05) is 0 Å². The smallest absolute Gasteiger partial charge is 0.241 e. The summed E-state index contributed by atoms with van der Waals surface area (Å²) in [5, 5.41) is 6.05. The molecule has 1 aromatic rings. The van der Waals surface area contributed by atoms with E-state index >= 15 is 0 Å². The van der Waals surface area contributed by atoms with E-state index in [1.54, 1.807) is 6.07 Å². The van der Waals surface area contributed by atoms with Crippen LogP contribution in [0.1, 0.15) is 0 Å². The third kappa shape index (κ3) is 1.45. The van der Waals surface area contributed by atoms with Gasteiger partial charge in [-0.1, -0.05) is 0 Å². The lowest BCUT2D eigenvalue weighted by Gasteiger charge is -1.94. The maximum Gasteiger partial charge on any atom is 0.241 e. The largest absolute Gasteiger partial charge is 0.360 e. The van der Waals surface area contributed by atoms with Crippen molar-refractivity contribution in [1.29, 1.82) is 0 Å². The normalized spacial score (nSPS) is 8.44. The van der Waals surface area contributed by atoms with Gasteiger partial charge in [0, 0.05) is 6.07 Å². The Morgan fingerprint density at radius 3 is 3.33 bits per heavy atom. The number of rotatable bonds is 3. The van der Waals surface area contributed by atoms with Gasteiger partial charge in [0.1, 0.15) is 0 Å². The molecule has 1 heterocycles. The van der Waals surface area contributed by atoms with E-state index in [1.165, 1.54) is 6.20 Å². The molecule has 0 aliphatic heterocycles. The van der Waals surface area contributed by atoms with Crippen molar-refractivity contribution in [3.05, 3.63) is 12.3 Å². The molecule has 1 amide bonds. The van der Waals surface area contributed by atoms with Crippen LogP contribution in [0.15, 0.2) is 12.3 Å². The average Bonchev–Trinajstić information content (AvgIpc) is 2.34. The first kappa shape index (κ1) is 5.61. The minimum Gasteiger partial charge on any atom is -0.360 e. The van der Waals surface area contributed by atoms with E-state index in [0.717, 1.165) is 0 Å². The van der Waals surface area contributed by atoms with Crippen LogP contribution in [0.25, 0.3) is 0 Å². The van der Waals surface area contributed by atoms with E-state index in [0.29, 0.717) is 12.3 Å². The Labute approximate surface area is 51.0 Å². The number of nitrogens with one attached hydrogen (secondary N) is 2. The average molecular weight is 127 g/mol. The van der Waals surface area contributed by atoms with Crippen LogP contribution in [0.2, 0.25) is 0 Å². The van der Waals surface area contributed by atoms with Crippen LogP contribution in [0, 0.1) is 0 Å². The minimum atomic E-state index is 0.405. The Morgan fingerprint density at radius 2 is 2.78 bits per heavy atom. The Bertz CT molecular complexity index is 172. The molecule has 9 heavy (non-hydrogen) atoms. The van der Waals surface area contributed by atoms with Crippen molar-refractivity contribution in [2.24, 2.45) is 0 Å². The Morgan fingerprint density at radius 1 is 1.89 bits per heavy atom. The molecule has 48 valence electrons. The molecule has 0 fully saturated rings. The van der Waals surface area contributed by atoms with E-state index < -0.39 is 0 Å². The number of carbonyl (C=O) groups excluding carboxylic acids is 1. The van der Waals surface area contributed by atoms with Crippen LogP contribution in [-0.2, 0) is 4.79 Å². The highest BCUT2D eigenvalue weighted by molar-refractivity contribution is 5.44. The van der Waals surface area contributed by atoms with Crippen LogP contribution in [0.3, 0.4) is 0 Å². The van der Waals surface area contributed by atoms with Crippen LogP contribution in [0.5, 0.6) is 5.88 Å². The fourth-order valence-corrected chi connectivity index (χ4v) is 0.388. The first-order chi connectivity index (χ1) is 4.43. The zero-order valence-electron chi connectivity index (χ0n) is 4.50. The molecule has 0 saturated heterocycles. The zero-order valence-corrected chi connectivity index (χ0v) is 4.50. The summed E-state index contributed by atoms with van der Waals surface area (Å²) >= 11 is 0. The third-order valence-electron chi connectivity index (χ3n) is 0.692. The summed E-state index contributed by atoms with van der Waals surface area (Å²) in [6.07, 6.45) is 1.95. The van der Waals surface area contributed by atoms with Crippen molar-refractivity contribution in [1.82, 2.24) is 15.7 Å². The lowest BCUT2D eigenvalue weighted by molar-refractivity contribution is -0.115. The van der Waals surface area contributed by atoms with Gasteiger partial charge >= 0.3 is 0 Å². The topological polar surface area (TPSA) is 67.0 Å². The van der Waals surface area contributed by atoms with Gasteiger partial charge in [0.2, 0.25) is 12.3 Å². The first-order valence-corrected chi connectivity index (χ1v) is 2.29. The maximum atomic E-state index is 9.63. The second kappa shape index (κ2) is 2.71. The summed E-state index contributed by atoms with van der Waals surface area (Å²) in [5.41, 5.74) is 2.00. The number of hydrogen-bond donors (Lipinski definition) is 2. The van der Waals surface area contributed by atoms with Gasteiger partial charge in [-0.15, -0.1) is 0 Å². The summed E-state index contributed by atoms with van der Waals surface area (Å²) in [6.45, 7) is 0. The maximum absolute atomic E-state index is 9.63. The van der Waals surface area contributed by atoms with Crippen LogP contribution >= 0.6 is 0 Å². The number of hydrogen-bond acceptors (Lipinski definition) is 3. The highest BCUT2D eigenvalue weighted by atomic mass is 16.7. The second-order valence-electron chi connectivity index (χ2n) is 1.26. The molecule has 0 spiro atoms. The molecule has 0 radical (unpaired) electrons. The standard InChI is InChI=1S/C4H5N3O2/c8-3-6-9-4-1-2-5-7-4/h1-3H,(H,5,7)(H,6,8). The molecule has 5 nitrogen and oxygen atoms in total. The number of H-pyrrole nitrogens is 1. The number of aromatic amines is 1. The number of carbonyl (C=O) groups is 1. The predicted octanol–water partition coefficient (Wildman–Crippen LogP) is -0.551. The molecule has 1 aromatic heterocycles. The quantitative estimate of drug-likeness (QED) is 0.423. The molecule has 0 atom stereocenters. The van der Waals surface area contributed by atoms with Crippen molar-refractivity contribution >= 4 is 6.41 Å². The summed E-state index contributed by atoms with van der Waals surface area (Å²) in [6, 6.07) is 1.58. The van der Waals surface area contributed by atoms with E-state index in [2.05, 4.69) is 15.0 Å². The molecule has 0 bridgehead atoms. The molecule has 0 aliphatic carbocycles. The van der Waals surface area contributed by atoms with Crippen molar-refractivity contribution < 1.29 is 9.63 Å². The number of amides is 1. The van der Waals surface area contributed by atoms with E-state index in [1.807, 2.05) is 5.48 Å². The van der Waals surface area contributed by atoms with Crippen molar-refractivity contribution in [2.45, 2.75) is 0 Å². The molecule has 0 aromatic carbocycles. The zero-order chi connectivity index (χ0) is 6.53. The molecular formula is C4H5N3O2. The molecule has 5 heteroatoms. The molecular weight excluding hydrogens is 122 g/mol. The fraction of sp³-hybridized carbons (Fsp3) is 0. The number of aromatic nitrogens is 2. The summed E-state index contributed by atoms with van der Waals surface area (Å²) in [5.74, 6) is 0.405. The lowest BCUT2D eigenvalue weighted by Crippen LogP contribution is -2.15. The number of hydroxylamine groups is 1. The van der Waals surface area contributed by atoms with Gasteiger partial charge in [-0.3, -0.25) is 4.79 Å². The van der Waals surface area contributed by atoms with Crippen molar-refractivity contribution in [3.63, 3.8) is 0 Å². The van der Waals surface area contributed by atoms with Gasteiger partial charge in [-0.05, 0) is 0 Å². The monoisotopic (exact) mass is 127 g/mol. The van der Waals surface area contributed by atoms with Crippen LogP contribution in [0.4, 0.5) is 0 Å². The van der Waals surface area contributed by atoms with Gasteiger partial charge in [0.15, 0.2) is 0 Å². The van der Waals surface area contributed by atoms with E-state index in [-0.39, 0.29) is 0 Å². The van der Waals surface area contributed by atoms with Gasteiger partial charge in [-0.25, -0.2) is 5.10 Å². The number of nitrogens with zero attached hydrogens (tertiary/aromatic N) is 1. The van der Waals surface area contributed by atoms with Crippen molar-refractivity contribution in [3.8, 4) is 5.88 Å². The summed E-state index contributed by atoms with van der Waals surface area (Å²) in [4.78, 5) is 14.2. The summed E-state index contributed by atoms with van der Waals surface area (Å²) < 4.78 is 0. The van der Waals surface area contributed by atoms with Gasteiger partial charge in [-0.2, -0.15) is 10.6 Å². The SMILES string of the molecule is O=CNOc1ccn[nH]1. The minimum absolute atomic E-state index is 0.405. The fourth-order valence-electron chi connectivity index (χ4n) is 0.388. The van der Waals surface area contributed by atoms with Gasteiger partial charge in [0.05, 0.1) is 6.20 Å². The van der Waals surface area contributed by atoms with Crippen LogP contribution in [-0.4, -0.2) is 16.6 Å². The summed E-state index contributed by atoms with van der Waals surface area (Å²) in [7, 11) is 0. The predicted molar refractivity (Wildman–Crippen MR) is 28.4 cm³/mol. The lowest BCUT2D eigenvalue weighted by atomic mass is 10.7.